The highest BCUT2D eigenvalue weighted by molar-refractivity contribution is 5.98. The molecule has 0 aromatic carbocycles. The molecule has 3 heteroatoms. The third kappa shape index (κ3) is 2.55. The van der Waals surface area contributed by atoms with E-state index in [1.54, 1.807) is 18.3 Å². The maximum absolute atomic E-state index is 11.7. The monoisotopic (exact) mass is 192 g/mol. The van der Waals surface area contributed by atoms with Gasteiger partial charge in [0.25, 0.3) is 0 Å². The molecular formula is C11H16N2O. The van der Waals surface area contributed by atoms with Crippen LogP contribution < -0.4 is 5.73 Å². The molecule has 2 N–H and O–H groups in total. The molecule has 0 spiro atoms. The summed E-state index contributed by atoms with van der Waals surface area (Å²) < 4.78 is 0. The Hall–Kier alpha value is -1.38. The Balaban J connectivity index is 2.75. The van der Waals surface area contributed by atoms with Crippen LogP contribution in [0.25, 0.3) is 0 Å². The third-order valence-electron chi connectivity index (χ3n) is 2.33. The van der Waals surface area contributed by atoms with E-state index in [0.717, 1.165) is 6.42 Å². The lowest BCUT2D eigenvalue weighted by atomic mass is 10.00. The molecule has 0 aliphatic carbocycles. The molecule has 14 heavy (non-hydrogen) atoms. The first-order valence-electron chi connectivity index (χ1n) is 4.88. The number of aromatic nitrogens is 1. The number of nitrogens with zero attached hydrogens (tertiary/aromatic N) is 1. The number of ketones is 1. The lowest BCUT2D eigenvalue weighted by Crippen LogP contribution is -2.09. The van der Waals surface area contributed by atoms with E-state index in [-0.39, 0.29) is 5.78 Å². The van der Waals surface area contributed by atoms with Crippen molar-refractivity contribution in [1.82, 2.24) is 4.98 Å². The Kier molecular flexibility index (Phi) is 3.63. The molecule has 0 fully saturated rings. The molecule has 1 aromatic heterocycles. The molecule has 3 nitrogen and oxygen atoms in total. The SMILES string of the molecule is CCC(C)CC(=O)c1ncccc1N. The van der Waals surface area contributed by atoms with Crippen molar-refractivity contribution < 1.29 is 4.79 Å². The van der Waals surface area contributed by atoms with Crippen LogP contribution in [-0.2, 0) is 0 Å². The fraction of sp³-hybridized carbons (Fsp3) is 0.455. The summed E-state index contributed by atoms with van der Waals surface area (Å²) in [5.41, 5.74) is 6.54. The van der Waals surface area contributed by atoms with Crippen LogP contribution >= 0.6 is 0 Å². The normalized spacial score (nSPS) is 12.4. The Morgan fingerprint density at radius 1 is 1.64 bits per heavy atom. The molecular weight excluding hydrogens is 176 g/mol. The Morgan fingerprint density at radius 3 is 2.93 bits per heavy atom. The summed E-state index contributed by atoms with van der Waals surface area (Å²) in [6, 6.07) is 3.44. The second kappa shape index (κ2) is 4.74. The first kappa shape index (κ1) is 10.7. The molecule has 1 atom stereocenters. The number of rotatable bonds is 4. The number of hydrogen-bond donors (Lipinski definition) is 1. The molecule has 0 radical (unpaired) electrons. The summed E-state index contributed by atoms with van der Waals surface area (Å²) in [5, 5.41) is 0. The van der Waals surface area contributed by atoms with Gasteiger partial charge in [-0.3, -0.25) is 9.78 Å². The van der Waals surface area contributed by atoms with E-state index in [2.05, 4.69) is 18.8 Å². The molecule has 0 bridgehead atoms. The van der Waals surface area contributed by atoms with Crippen molar-refractivity contribution in [2.24, 2.45) is 5.92 Å². The molecule has 0 saturated carbocycles. The molecule has 0 saturated heterocycles. The van der Waals surface area contributed by atoms with E-state index in [9.17, 15) is 4.79 Å². The summed E-state index contributed by atoms with van der Waals surface area (Å²) in [7, 11) is 0. The summed E-state index contributed by atoms with van der Waals surface area (Å²) in [6.07, 6.45) is 3.12. The maximum atomic E-state index is 11.7. The number of hydrogen-bond acceptors (Lipinski definition) is 3. The highest BCUT2D eigenvalue weighted by atomic mass is 16.1. The van der Waals surface area contributed by atoms with Crippen molar-refractivity contribution in [3.05, 3.63) is 24.0 Å². The highest BCUT2D eigenvalue weighted by Crippen LogP contribution is 2.14. The van der Waals surface area contributed by atoms with Gasteiger partial charge in [-0.05, 0) is 18.1 Å². The number of anilines is 1. The van der Waals surface area contributed by atoms with Crippen molar-refractivity contribution in [2.75, 3.05) is 5.73 Å². The molecule has 0 amide bonds. The summed E-state index contributed by atoms with van der Waals surface area (Å²) >= 11 is 0. The van der Waals surface area contributed by atoms with Gasteiger partial charge >= 0.3 is 0 Å². The molecule has 1 aromatic rings. The van der Waals surface area contributed by atoms with E-state index in [4.69, 9.17) is 5.73 Å². The zero-order chi connectivity index (χ0) is 10.6. The van der Waals surface area contributed by atoms with E-state index < -0.39 is 0 Å². The standard InChI is InChI=1S/C11H16N2O/c1-3-8(2)7-10(14)11-9(12)5-4-6-13-11/h4-6,8H,3,7,12H2,1-2H3. The van der Waals surface area contributed by atoms with E-state index in [1.165, 1.54) is 0 Å². The van der Waals surface area contributed by atoms with Crippen LogP contribution in [0.5, 0.6) is 0 Å². The summed E-state index contributed by atoms with van der Waals surface area (Å²) in [4.78, 5) is 15.7. The Bertz CT molecular complexity index is 323. The zero-order valence-electron chi connectivity index (χ0n) is 8.66. The molecule has 1 heterocycles. The maximum Gasteiger partial charge on any atom is 0.183 e. The Labute approximate surface area is 84.3 Å². The highest BCUT2D eigenvalue weighted by Gasteiger charge is 2.13. The number of Topliss-reactive ketones (excluding diaryl/α,β-unsaturated/α-hetero) is 1. The van der Waals surface area contributed by atoms with Crippen molar-refractivity contribution in [1.29, 1.82) is 0 Å². The van der Waals surface area contributed by atoms with Gasteiger partial charge in [0.1, 0.15) is 5.69 Å². The number of nitrogens with two attached hydrogens (primary N) is 1. The van der Waals surface area contributed by atoms with Crippen molar-refractivity contribution in [3.63, 3.8) is 0 Å². The van der Waals surface area contributed by atoms with Gasteiger partial charge in [-0.15, -0.1) is 0 Å². The van der Waals surface area contributed by atoms with E-state index in [0.29, 0.717) is 23.7 Å². The molecule has 1 rings (SSSR count). The number of carbonyl (C=O) groups is 1. The van der Waals surface area contributed by atoms with Crippen molar-refractivity contribution in [3.8, 4) is 0 Å². The quantitative estimate of drug-likeness (QED) is 0.744. The number of nitrogen functional groups attached to an aromatic ring is 1. The minimum atomic E-state index is 0.0393. The van der Waals surface area contributed by atoms with Crippen LogP contribution in [0.1, 0.15) is 37.2 Å². The van der Waals surface area contributed by atoms with Gasteiger partial charge in [-0.2, -0.15) is 0 Å². The lowest BCUT2D eigenvalue weighted by Gasteiger charge is -2.07. The van der Waals surface area contributed by atoms with Crippen LogP contribution in [-0.4, -0.2) is 10.8 Å². The van der Waals surface area contributed by atoms with Gasteiger partial charge in [0, 0.05) is 12.6 Å². The van der Waals surface area contributed by atoms with Crippen LogP contribution in [0.2, 0.25) is 0 Å². The fourth-order valence-corrected chi connectivity index (χ4v) is 1.21. The predicted molar refractivity (Wildman–Crippen MR) is 57.1 cm³/mol. The van der Waals surface area contributed by atoms with E-state index in [1.807, 2.05) is 0 Å². The number of carbonyl (C=O) groups excluding carboxylic acids is 1. The molecule has 1 unspecified atom stereocenters. The van der Waals surface area contributed by atoms with Gasteiger partial charge in [-0.1, -0.05) is 20.3 Å². The first-order valence-corrected chi connectivity index (χ1v) is 4.88. The number of pyridine rings is 1. The van der Waals surface area contributed by atoms with E-state index >= 15 is 0 Å². The van der Waals surface area contributed by atoms with Gasteiger partial charge in [0.05, 0.1) is 5.69 Å². The molecule has 0 aliphatic rings. The summed E-state index contributed by atoms with van der Waals surface area (Å²) in [5.74, 6) is 0.432. The van der Waals surface area contributed by atoms with Crippen LogP contribution in [0.3, 0.4) is 0 Å². The van der Waals surface area contributed by atoms with Crippen LogP contribution in [0.15, 0.2) is 18.3 Å². The van der Waals surface area contributed by atoms with Gasteiger partial charge in [-0.25, -0.2) is 0 Å². The van der Waals surface area contributed by atoms with Crippen molar-refractivity contribution in [2.45, 2.75) is 26.7 Å². The lowest BCUT2D eigenvalue weighted by molar-refractivity contribution is 0.0960. The smallest absolute Gasteiger partial charge is 0.183 e. The first-order chi connectivity index (χ1) is 6.65. The largest absolute Gasteiger partial charge is 0.397 e. The van der Waals surface area contributed by atoms with Crippen LogP contribution in [0, 0.1) is 5.92 Å². The molecule has 0 aliphatic heterocycles. The van der Waals surface area contributed by atoms with Gasteiger partial charge in [0.15, 0.2) is 5.78 Å². The van der Waals surface area contributed by atoms with Crippen molar-refractivity contribution >= 4 is 11.5 Å². The van der Waals surface area contributed by atoms with Gasteiger partial charge in [0.2, 0.25) is 0 Å². The summed E-state index contributed by atoms with van der Waals surface area (Å²) in [6.45, 7) is 4.12. The average molecular weight is 192 g/mol. The van der Waals surface area contributed by atoms with Gasteiger partial charge < -0.3 is 5.73 Å². The second-order valence-electron chi connectivity index (χ2n) is 3.58. The Morgan fingerprint density at radius 2 is 2.36 bits per heavy atom. The fourth-order valence-electron chi connectivity index (χ4n) is 1.21. The minimum absolute atomic E-state index is 0.0393. The minimum Gasteiger partial charge on any atom is -0.397 e. The predicted octanol–water partition coefficient (Wildman–Crippen LogP) is 2.28. The third-order valence-corrected chi connectivity index (χ3v) is 2.33. The molecule has 76 valence electrons. The topological polar surface area (TPSA) is 56.0 Å². The zero-order valence-corrected chi connectivity index (χ0v) is 8.66. The second-order valence-corrected chi connectivity index (χ2v) is 3.58. The van der Waals surface area contributed by atoms with Crippen LogP contribution in [0.4, 0.5) is 5.69 Å². The average Bonchev–Trinajstić information content (AvgIpc) is 2.18.